The van der Waals surface area contributed by atoms with Gasteiger partial charge in [0, 0.05) is 24.5 Å². The first-order valence-electron chi connectivity index (χ1n) is 8.33. The standard InChI is InChI=1S/C17H24ClN3O2S/c1-2-3-4-5-16(22)20-17(24)19-14-12-13(18)6-7-15(14)21-8-10-23-11-9-21/h6-7,12H,2-5,8-11H2,1H3,(H2,19,20,22,24). The van der Waals surface area contributed by atoms with Crippen LogP contribution in [0.3, 0.4) is 0 Å². The lowest BCUT2D eigenvalue weighted by Gasteiger charge is -2.30. The highest BCUT2D eigenvalue weighted by molar-refractivity contribution is 7.80. The number of hydrogen-bond donors (Lipinski definition) is 2. The molecule has 0 bridgehead atoms. The Morgan fingerprint density at radius 3 is 2.79 bits per heavy atom. The number of hydrogen-bond acceptors (Lipinski definition) is 4. The lowest BCUT2D eigenvalue weighted by atomic mass is 10.2. The molecule has 0 unspecified atom stereocenters. The number of rotatable bonds is 6. The topological polar surface area (TPSA) is 53.6 Å². The van der Waals surface area contributed by atoms with E-state index in [0.717, 1.165) is 43.7 Å². The zero-order chi connectivity index (χ0) is 17.4. The summed E-state index contributed by atoms with van der Waals surface area (Å²) in [6.07, 6.45) is 3.49. The summed E-state index contributed by atoms with van der Waals surface area (Å²) in [5.41, 5.74) is 1.80. The van der Waals surface area contributed by atoms with E-state index in [1.165, 1.54) is 0 Å². The van der Waals surface area contributed by atoms with Crippen molar-refractivity contribution in [3.8, 4) is 0 Å². The minimum absolute atomic E-state index is 0.0594. The molecule has 0 spiro atoms. The molecular weight excluding hydrogens is 346 g/mol. The van der Waals surface area contributed by atoms with E-state index in [9.17, 15) is 4.79 Å². The largest absolute Gasteiger partial charge is 0.378 e. The molecule has 7 heteroatoms. The van der Waals surface area contributed by atoms with E-state index < -0.39 is 0 Å². The smallest absolute Gasteiger partial charge is 0.226 e. The number of benzene rings is 1. The number of ether oxygens (including phenoxy) is 1. The third-order valence-electron chi connectivity index (χ3n) is 3.82. The molecule has 1 aromatic carbocycles. The molecule has 0 aliphatic carbocycles. The van der Waals surface area contributed by atoms with Crippen molar-refractivity contribution < 1.29 is 9.53 Å². The van der Waals surface area contributed by atoms with E-state index >= 15 is 0 Å². The molecule has 1 saturated heterocycles. The highest BCUT2D eigenvalue weighted by Crippen LogP contribution is 2.29. The Morgan fingerprint density at radius 1 is 1.33 bits per heavy atom. The van der Waals surface area contributed by atoms with Crippen molar-refractivity contribution in [2.75, 3.05) is 36.5 Å². The van der Waals surface area contributed by atoms with Gasteiger partial charge in [0.25, 0.3) is 0 Å². The minimum Gasteiger partial charge on any atom is -0.378 e. The van der Waals surface area contributed by atoms with Crippen LogP contribution in [0, 0.1) is 0 Å². The molecule has 0 atom stereocenters. The summed E-state index contributed by atoms with van der Waals surface area (Å²) in [7, 11) is 0. The van der Waals surface area contributed by atoms with Crippen LogP contribution >= 0.6 is 23.8 Å². The molecule has 2 rings (SSSR count). The molecule has 1 aliphatic heterocycles. The van der Waals surface area contributed by atoms with Crippen LogP contribution in [0.1, 0.15) is 32.6 Å². The van der Waals surface area contributed by atoms with Crippen LogP contribution in [0.5, 0.6) is 0 Å². The van der Waals surface area contributed by atoms with Gasteiger partial charge in [-0.05, 0) is 36.8 Å². The summed E-state index contributed by atoms with van der Waals surface area (Å²) in [4.78, 5) is 14.1. The minimum atomic E-state index is -0.0594. The summed E-state index contributed by atoms with van der Waals surface area (Å²) >= 11 is 11.4. The van der Waals surface area contributed by atoms with Crippen LogP contribution in [-0.4, -0.2) is 37.3 Å². The van der Waals surface area contributed by atoms with Gasteiger partial charge in [-0.15, -0.1) is 0 Å². The van der Waals surface area contributed by atoms with Gasteiger partial charge in [0.15, 0.2) is 5.11 Å². The molecule has 24 heavy (non-hydrogen) atoms. The maximum Gasteiger partial charge on any atom is 0.226 e. The van der Waals surface area contributed by atoms with Crippen molar-refractivity contribution in [3.05, 3.63) is 23.2 Å². The van der Waals surface area contributed by atoms with E-state index in [4.69, 9.17) is 28.6 Å². The third-order valence-corrected chi connectivity index (χ3v) is 4.26. The number of halogens is 1. The highest BCUT2D eigenvalue weighted by Gasteiger charge is 2.16. The van der Waals surface area contributed by atoms with Gasteiger partial charge >= 0.3 is 0 Å². The Kier molecular flexibility index (Phi) is 7.75. The first-order chi connectivity index (χ1) is 11.6. The average molecular weight is 370 g/mol. The quantitative estimate of drug-likeness (QED) is 0.593. The van der Waals surface area contributed by atoms with Crippen molar-refractivity contribution in [2.24, 2.45) is 0 Å². The van der Waals surface area contributed by atoms with E-state index in [2.05, 4.69) is 22.5 Å². The summed E-state index contributed by atoms with van der Waals surface area (Å²) in [6, 6.07) is 5.63. The number of nitrogens with one attached hydrogen (secondary N) is 2. The number of carbonyl (C=O) groups excluding carboxylic acids is 1. The fourth-order valence-corrected chi connectivity index (χ4v) is 2.96. The van der Waals surface area contributed by atoms with E-state index in [0.29, 0.717) is 29.8 Å². The lowest BCUT2D eigenvalue weighted by molar-refractivity contribution is -0.119. The second-order valence-corrected chi connectivity index (χ2v) is 6.56. The van der Waals surface area contributed by atoms with Crippen molar-refractivity contribution in [1.29, 1.82) is 0 Å². The first-order valence-corrected chi connectivity index (χ1v) is 9.12. The fourth-order valence-electron chi connectivity index (χ4n) is 2.57. The molecule has 1 fully saturated rings. The molecular formula is C17H24ClN3O2S. The van der Waals surface area contributed by atoms with Gasteiger partial charge in [-0.3, -0.25) is 4.79 Å². The zero-order valence-corrected chi connectivity index (χ0v) is 15.5. The van der Waals surface area contributed by atoms with Crippen molar-refractivity contribution in [1.82, 2.24) is 5.32 Å². The number of unbranched alkanes of at least 4 members (excludes halogenated alkanes) is 2. The Labute approximate surface area is 153 Å². The van der Waals surface area contributed by atoms with E-state index in [1.807, 2.05) is 18.2 Å². The van der Waals surface area contributed by atoms with Crippen LogP contribution in [0.2, 0.25) is 5.02 Å². The van der Waals surface area contributed by atoms with Crippen LogP contribution in [0.25, 0.3) is 0 Å². The number of morpholine rings is 1. The molecule has 0 saturated carbocycles. The number of carbonyl (C=O) groups is 1. The molecule has 0 aromatic heterocycles. The molecule has 1 heterocycles. The number of amides is 1. The van der Waals surface area contributed by atoms with Gasteiger partial charge in [0.1, 0.15) is 0 Å². The monoisotopic (exact) mass is 369 g/mol. The van der Waals surface area contributed by atoms with E-state index in [-0.39, 0.29) is 5.91 Å². The molecule has 2 N–H and O–H groups in total. The predicted octanol–water partition coefficient (Wildman–Crippen LogP) is 3.57. The second-order valence-electron chi connectivity index (χ2n) is 5.72. The average Bonchev–Trinajstić information content (AvgIpc) is 2.56. The molecule has 5 nitrogen and oxygen atoms in total. The molecule has 132 valence electrons. The van der Waals surface area contributed by atoms with Gasteiger partial charge < -0.3 is 20.3 Å². The molecule has 0 radical (unpaired) electrons. The van der Waals surface area contributed by atoms with Gasteiger partial charge in [0.05, 0.1) is 24.6 Å². The number of thiocarbonyl (C=S) groups is 1. The predicted molar refractivity (Wildman–Crippen MR) is 103 cm³/mol. The maximum absolute atomic E-state index is 11.9. The lowest BCUT2D eigenvalue weighted by Crippen LogP contribution is -2.38. The summed E-state index contributed by atoms with van der Waals surface area (Å²) < 4.78 is 5.39. The van der Waals surface area contributed by atoms with Crippen molar-refractivity contribution >= 4 is 46.2 Å². The highest BCUT2D eigenvalue weighted by atomic mass is 35.5. The number of anilines is 2. The number of nitrogens with zero attached hydrogens (tertiary/aromatic N) is 1. The van der Waals surface area contributed by atoms with Gasteiger partial charge in [-0.1, -0.05) is 31.4 Å². The van der Waals surface area contributed by atoms with Crippen LogP contribution < -0.4 is 15.5 Å². The maximum atomic E-state index is 11.9. The van der Waals surface area contributed by atoms with E-state index in [1.54, 1.807) is 0 Å². The molecule has 1 amide bonds. The second kappa shape index (κ2) is 9.81. The Bertz CT molecular complexity index is 577. The summed E-state index contributed by atoms with van der Waals surface area (Å²) in [5, 5.41) is 6.75. The van der Waals surface area contributed by atoms with Crippen molar-refractivity contribution in [3.63, 3.8) is 0 Å². The normalized spacial score (nSPS) is 14.3. The van der Waals surface area contributed by atoms with Crippen LogP contribution in [0.15, 0.2) is 18.2 Å². The first kappa shape index (κ1) is 19.0. The van der Waals surface area contributed by atoms with Crippen LogP contribution in [-0.2, 0) is 9.53 Å². The summed E-state index contributed by atoms with van der Waals surface area (Å²) in [6.45, 7) is 5.12. The third kappa shape index (κ3) is 5.92. The van der Waals surface area contributed by atoms with Gasteiger partial charge in [-0.25, -0.2) is 0 Å². The van der Waals surface area contributed by atoms with Crippen molar-refractivity contribution in [2.45, 2.75) is 32.6 Å². The SMILES string of the molecule is CCCCCC(=O)NC(=S)Nc1cc(Cl)ccc1N1CCOCC1. The Morgan fingerprint density at radius 2 is 2.08 bits per heavy atom. The van der Waals surface area contributed by atoms with Gasteiger partial charge in [-0.2, -0.15) is 0 Å². The zero-order valence-electron chi connectivity index (χ0n) is 13.9. The Hall–Kier alpha value is -1.37. The van der Waals surface area contributed by atoms with Gasteiger partial charge in [0.2, 0.25) is 5.91 Å². The molecule has 1 aliphatic rings. The molecule has 1 aromatic rings. The Balaban J connectivity index is 1.98. The van der Waals surface area contributed by atoms with Crippen LogP contribution in [0.4, 0.5) is 11.4 Å². The fraction of sp³-hybridized carbons (Fsp3) is 0.529. The summed E-state index contributed by atoms with van der Waals surface area (Å²) in [5.74, 6) is -0.0594.